The van der Waals surface area contributed by atoms with Crippen LogP contribution in [-0.4, -0.2) is 24.2 Å². The van der Waals surface area contributed by atoms with Gasteiger partial charge in [-0.15, -0.1) is 0 Å². The molecule has 0 saturated heterocycles. The van der Waals surface area contributed by atoms with E-state index < -0.39 is 5.54 Å². The average Bonchev–Trinajstić information content (AvgIpc) is 2.48. The van der Waals surface area contributed by atoms with Crippen LogP contribution in [0.4, 0.5) is 0 Å². The molecule has 1 atom stereocenters. The summed E-state index contributed by atoms with van der Waals surface area (Å²) in [4.78, 5) is 12.4. The average molecular weight is 297 g/mol. The van der Waals surface area contributed by atoms with E-state index in [9.17, 15) is 4.79 Å². The summed E-state index contributed by atoms with van der Waals surface area (Å²) in [5.74, 6) is -0.0638. The van der Waals surface area contributed by atoms with Gasteiger partial charge >= 0.3 is 5.97 Å². The summed E-state index contributed by atoms with van der Waals surface area (Å²) in [6.45, 7) is 6.63. The van der Waals surface area contributed by atoms with E-state index in [1.54, 1.807) is 0 Å². The third kappa shape index (κ3) is 6.82. The van der Waals surface area contributed by atoms with Crippen LogP contribution in [0.5, 0.6) is 0 Å². The molecule has 0 spiro atoms. The van der Waals surface area contributed by atoms with Gasteiger partial charge in [-0.2, -0.15) is 0 Å². The van der Waals surface area contributed by atoms with Gasteiger partial charge in [-0.1, -0.05) is 58.3 Å². The topological polar surface area (TPSA) is 38.3 Å². The lowest BCUT2D eigenvalue weighted by molar-refractivity contribution is -0.151. The minimum absolute atomic E-state index is 0.0638. The standard InChI is InChI=1S/C18H35NO2/c1-4-6-7-8-12-15-18(3,17(20)21-5-2)19-16-13-10-9-11-14-16/h16,19H,4-15H2,1-3H3. The number of nitrogens with one attached hydrogen (secondary N) is 1. The van der Waals surface area contributed by atoms with E-state index in [1.807, 2.05) is 13.8 Å². The van der Waals surface area contributed by atoms with Crippen LogP contribution in [0.2, 0.25) is 0 Å². The highest BCUT2D eigenvalue weighted by Gasteiger charge is 2.36. The molecule has 1 aliphatic rings. The van der Waals surface area contributed by atoms with Crippen molar-refractivity contribution in [2.24, 2.45) is 0 Å². The van der Waals surface area contributed by atoms with Crippen molar-refractivity contribution in [1.29, 1.82) is 0 Å². The van der Waals surface area contributed by atoms with Crippen LogP contribution in [0.15, 0.2) is 0 Å². The van der Waals surface area contributed by atoms with Gasteiger partial charge in [-0.05, 0) is 33.1 Å². The van der Waals surface area contributed by atoms with Crippen molar-refractivity contribution < 1.29 is 9.53 Å². The highest BCUT2D eigenvalue weighted by atomic mass is 16.5. The number of unbranched alkanes of at least 4 members (excludes halogenated alkanes) is 4. The summed E-state index contributed by atoms with van der Waals surface area (Å²) < 4.78 is 5.33. The van der Waals surface area contributed by atoms with Crippen molar-refractivity contribution in [2.75, 3.05) is 6.61 Å². The van der Waals surface area contributed by atoms with Gasteiger partial charge in [-0.3, -0.25) is 10.1 Å². The molecule has 3 heteroatoms. The second kappa shape index (κ2) is 10.2. The molecule has 0 amide bonds. The van der Waals surface area contributed by atoms with Crippen LogP contribution >= 0.6 is 0 Å². The Morgan fingerprint density at radius 3 is 2.38 bits per heavy atom. The summed E-state index contributed by atoms with van der Waals surface area (Å²) in [5, 5.41) is 3.63. The van der Waals surface area contributed by atoms with E-state index in [0.29, 0.717) is 12.6 Å². The molecule has 0 aromatic rings. The SMILES string of the molecule is CCCCCCCC(C)(NC1CCCCC1)C(=O)OCC. The van der Waals surface area contributed by atoms with Gasteiger partial charge in [0, 0.05) is 6.04 Å². The van der Waals surface area contributed by atoms with Crippen LogP contribution < -0.4 is 5.32 Å². The number of rotatable bonds is 10. The van der Waals surface area contributed by atoms with E-state index in [2.05, 4.69) is 12.2 Å². The highest BCUT2D eigenvalue weighted by molar-refractivity contribution is 5.80. The molecular formula is C18H35NO2. The second-order valence-electron chi connectivity index (χ2n) is 6.70. The summed E-state index contributed by atoms with van der Waals surface area (Å²) >= 11 is 0. The molecule has 0 aliphatic heterocycles. The normalized spacial score (nSPS) is 19.2. The molecule has 1 saturated carbocycles. The summed E-state index contributed by atoms with van der Waals surface area (Å²) in [6.07, 6.45) is 13.4. The summed E-state index contributed by atoms with van der Waals surface area (Å²) in [7, 11) is 0. The first kappa shape index (κ1) is 18.5. The van der Waals surface area contributed by atoms with Gasteiger partial charge in [0.15, 0.2) is 0 Å². The highest BCUT2D eigenvalue weighted by Crippen LogP contribution is 2.24. The smallest absolute Gasteiger partial charge is 0.326 e. The van der Waals surface area contributed by atoms with Gasteiger partial charge in [0.2, 0.25) is 0 Å². The maximum Gasteiger partial charge on any atom is 0.326 e. The predicted molar refractivity (Wildman–Crippen MR) is 88.4 cm³/mol. The Morgan fingerprint density at radius 2 is 1.76 bits per heavy atom. The zero-order valence-corrected chi connectivity index (χ0v) is 14.4. The van der Waals surface area contributed by atoms with Crippen molar-refractivity contribution in [1.82, 2.24) is 5.32 Å². The van der Waals surface area contributed by atoms with Gasteiger partial charge in [0.1, 0.15) is 5.54 Å². The fourth-order valence-corrected chi connectivity index (χ4v) is 3.30. The van der Waals surface area contributed by atoms with E-state index in [4.69, 9.17) is 4.74 Å². The van der Waals surface area contributed by atoms with Crippen molar-refractivity contribution in [3.8, 4) is 0 Å². The first-order valence-corrected chi connectivity index (χ1v) is 9.07. The maximum atomic E-state index is 12.4. The van der Waals surface area contributed by atoms with Crippen LogP contribution in [0.1, 0.15) is 91.4 Å². The fraction of sp³-hybridized carbons (Fsp3) is 0.944. The third-order valence-corrected chi connectivity index (χ3v) is 4.63. The molecule has 1 rings (SSSR count). The minimum atomic E-state index is -0.496. The van der Waals surface area contributed by atoms with Crippen LogP contribution in [-0.2, 0) is 9.53 Å². The Morgan fingerprint density at radius 1 is 1.10 bits per heavy atom. The lowest BCUT2D eigenvalue weighted by Crippen LogP contribution is -2.55. The number of carbonyl (C=O) groups is 1. The summed E-state index contributed by atoms with van der Waals surface area (Å²) in [5.41, 5.74) is -0.496. The first-order chi connectivity index (χ1) is 10.1. The molecule has 1 N–H and O–H groups in total. The Bertz CT molecular complexity index is 287. The zero-order chi connectivity index (χ0) is 15.6. The van der Waals surface area contributed by atoms with Crippen LogP contribution in [0.3, 0.4) is 0 Å². The van der Waals surface area contributed by atoms with E-state index >= 15 is 0 Å². The fourth-order valence-electron chi connectivity index (χ4n) is 3.30. The maximum absolute atomic E-state index is 12.4. The monoisotopic (exact) mass is 297 g/mol. The third-order valence-electron chi connectivity index (χ3n) is 4.63. The molecule has 0 heterocycles. The largest absolute Gasteiger partial charge is 0.465 e. The van der Waals surface area contributed by atoms with Crippen LogP contribution in [0, 0.1) is 0 Å². The molecule has 1 fully saturated rings. The molecule has 21 heavy (non-hydrogen) atoms. The lowest BCUT2D eigenvalue weighted by atomic mass is 9.89. The van der Waals surface area contributed by atoms with Crippen molar-refractivity contribution in [3.63, 3.8) is 0 Å². The van der Waals surface area contributed by atoms with Crippen molar-refractivity contribution in [2.45, 2.75) is 103 Å². The molecule has 1 unspecified atom stereocenters. The number of carbonyl (C=O) groups excluding carboxylic acids is 1. The molecule has 0 radical (unpaired) electrons. The lowest BCUT2D eigenvalue weighted by Gasteiger charge is -2.35. The summed E-state index contributed by atoms with van der Waals surface area (Å²) in [6, 6.07) is 0.490. The molecule has 124 valence electrons. The van der Waals surface area contributed by atoms with Crippen LogP contribution in [0.25, 0.3) is 0 Å². The Kier molecular flexibility index (Phi) is 8.98. The molecule has 0 bridgehead atoms. The van der Waals surface area contributed by atoms with Gasteiger partial charge in [0.05, 0.1) is 6.61 Å². The minimum Gasteiger partial charge on any atom is -0.465 e. The Hall–Kier alpha value is -0.570. The molecule has 0 aromatic carbocycles. The molecular weight excluding hydrogens is 262 g/mol. The molecule has 1 aliphatic carbocycles. The second-order valence-corrected chi connectivity index (χ2v) is 6.70. The number of ether oxygens (including phenoxy) is 1. The first-order valence-electron chi connectivity index (χ1n) is 9.07. The van der Waals surface area contributed by atoms with E-state index in [1.165, 1.54) is 57.8 Å². The van der Waals surface area contributed by atoms with Gasteiger partial charge in [0.25, 0.3) is 0 Å². The molecule has 0 aromatic heterocycles. The molecule has 3 nitrogen and oxygen atoms in total. The van der Waals surface area contributed by atoms with Crippen molar-refractivity contribution in [3.05, 3.63) is 0 Å². The van der Waals surface area contributed by atoms with Gasteiger partial charge < -0.3 is 4.74 Å². The zero-order valence-electron chi connectivity index (χ0n) is 14.4. The Balaban J connectivity index is 2.49. The van der Waals surface area contributed by atoms with E-state index in [-0.39, 0.29) is 5.97 Å². The predicted octanol–water partition coefficient (Wildman–Crippen LogP) is 4.59. The number of hydrogen-bond donors (Lipinski definition) is 1. The number of hydrogen-bond acceptors (Lipinski definition) is 3. The Labute approximate surface area is 131 Å². The van der Waals surface area contributed by atoms with Crippen molar-refractivity contribution >= 4 is 5.97 Å². The van der Waals surface area contributed by atoms with Gasteiger partial charge in [-0.25, -0.2) is 0 Å². The van der Waals surface area contributed by atoms with E-state index in [0.717, 1.165) is 12.8 Å². The quantitative estimate of drug-likeness (QED) is 0.473. The number of esters is 1.